The van der Waals surface area contributed by atoms with E-state index in [9.17, 15) is 9.59 Å². The summed E-state index contributed by atoms with van der Waals surface area (Å²) in [7, 11) is 1.72. The zero-order valence-electron chi connectivity index (χ0n) is 14.5. The fraction of sp³-hybridized carbons (Fsp3) is 0.278. The van der Waals surface area contributed by atoms with Gasteiger partial charge < -0.3 is 19.9 Å². The minimum atomic E-state index is -0.532. The van der Waals surface area contributed by atoms with E-state index in [-0.39, 0.29) is 12.5 Å². The smallest absolute Gasteiger partial charge is 0.255 e. The highest BCUT2D eigenvalue weighted by Crippen LogP contribution is 2.15. The second-order valence-electron chi connectivity index (χ2n) is 5.65. The molecule has 0 spiro atoms. The third kappa shape index (κ3) is 5.20. The van der Waals surface area contributed by atoms with Crippen LogP contribution in [0, 0.1) is 13.8 Å². The molecule has 7 nitrogen and oxygen atoms in total. The van der Waals surface area contributed by atoms with Crippen molar-refractivity contribution in [1.82, 2.24) is 10.1 Å². The van der Waals surface area contributed by atoms with Crippen LogP contribution in [0.4, 0.5) is 0 Å². The van der Waals surface area contributed by atoms with Crippen LogP contribution >= 0.6 is 0 Å². The molecule has 7 heteroatoms. The molecule has 0 saturated carbocycles. The maximum atomic E-state index is 12.2. The van der Waals surface area contributed by atoms with Gasteiger partial charge in [-0.25, -0.2) is 0 Å². The first kappa shape index (κ1) is 18.3. The number of nitrogens with two attached hydrogens (primary N) is 1. The lowest BCUT2D eigenvalue weighted by molar-refractivity contribution is -0.125. The Morgan fingerprint density at radius 2 is 1.96 bits per heavy atom. The van der Waals surface area contributed by atoms with Gasteiger partial charge in [-0.2, -0.15) is 0 Å². The van der Waals surface area contributed by atoms with E-state index in [1.54, 1.807) is 42.3 Å². The van der Waals surface area contributed by atoms with E-state index >= 15 is 0 Å². The summed E-state index contributed by atoms with van der Waals surface area (Å²) in [6.07, 6.45) is 3.21. The maximum Gasteiger partial charge on any atom is 0.255 e. The van der Waals surface area contributed by atoms with Gasteiger partial charge in [0.25, 0.3) is 5.91 Å². The van der Waals surface area contributed by atoms with Crippen LogP contribution in [0.2, 0.25) is 0 Å². The average Bonchev–Trinajstić information content (AvgIpc) is 2.90. The molecule has 2 rings (SSSR count). The Bertz CT molecular complexity index is 759. The summed E-state index contributed by atoms with van der Waals surface area (Å²) < 4.78 is 10.3. The normalized spacial score (nSPS) is 10.8. The van der Waals surface area contributed by atoms with Gasteiger partial charge in [-0.15, -0.1) is 0 Å². The van der Waals surface area contributed by atoms with Crippen LogP contribution < -0.4 is 10.5 Å². The summed E-state index contributed by atoms with van der Waals surface area (Å²) in [6, 6.07) is 6.99. The molecule has 0 aliphatic carbocycles. The highest BCUT2D eigenvalue weighted by Gasteiger charge is 2.13. The number of rotatable bonds is 7. The van der Waals surface area contributed by atoms with Crippen LogP contribution in [0.1, 0.15) is 22.6 Å². The Morgan fingerprint density at radius 3 is 2.52 bits per heavy atom. The van der Waals surface area contributed by atoms with E-state index in [0.717, 1.165) is 16.8 Å². The van der Waals surface area contributed by atoms with Crippen LogP contribution in [-0.2, 0) is 16.1 Å². The van der Waals surface area contributed by atoms with E-state index < -0.39 is 5.91 Å². The lowest BCUT2D eigenvalue weighted by atomic mass is 10.2. The van der Waals surface area contributed by atoms with Crippen LogP contribution in [0.25, 0.3) is 6.08 Å². The van der Waals surface area contributed by atoms with E-state index in [0.29, 0.717) is 18.1 Å². The van der Waals surface area contributed by atoms with Gasteiger partial charge in [0.05, 0.1) is 12.2 Å². The standard InChI is InChI=1S/C18H21N3O4/c1-12-16(13(2)25-20-12)10-21(3)18(23)9-6-14-4-7-15(8-5-14)24-11-17(19)22/h4-9H,10-11H2,1-3H3,(H2,19,22)/b9-6-. The lowest BCUT2D eigenvalue weighted by Crippen LogP contribution is -2.24. The Morgan fingerprint density at radius 1 is 1.28 bits per heavy atom. The molecule has 0 saturated heterocycles. The number of amides is 2. The van der Waals surface area contributed by atoms with Crippen molar-refractivity contribution in [1.29, 1.82) is 0 Å². The predicted molar refractivity (Wildman–Crippen MR) is 92.6 cm³/mol. The van der Waals surface area contributed by atoms with E-state index in [4.69, 9.17) is 15.0 Å². The van der Waals surface area contributed by atoms with Crippen molar-refractivity contribution in [2.24, 2.45) is 5.73 Å². The van der Waals surface area contributed by atoms with Crippen LogP contribution in [-0.4, -0.2) is 35.5 Å². The number of hydrogen-bond donors (Lipinski definition) is 1. The Kier molecular flexibility index (Phi) is 5.94. The number of carbonyl (C=O) groups excluding carboxylic acids is 2. The van der Waals surface area contributed by atoms with E-state index in [1.165, 1.54) is 6.08 Å². The molecule has 0 atom stereocenters. The van der Waals surface area contributed by atoms with Gasteiger partial charge >= 0.3 is 0 Å². The number of aromatic nitrogens is 1. The molecule has 2 amide bonds. The molecule has 1 heterocycles. The summed E-state index contributed by atoms with van der Waals surface area (Å²) in [4.78, 5) is 24.5. The third-order valence-corrected chi connectivity index (χ3v) is 3.63. The van der Waals surface area contributed by atoms with E-state index in [2.05, 4.69) is 5.16 Å². The second kappa shape index (κ2) is 8.14. The van der Waals surface area contributed by atoms with Gasteiger partial charge in [-0.3, -0.25) is 9.59 Å². The number of primary amides is 1. The highest BCUT2D eigenvalue weighted by molar-refractivity contribution is 5.91. The highest BCUT2D eigenvalue weighted by atomic mass is 16.5. The molecule has 132 valence electrons. The fourth-order valence-corrected chi connectivity index (χ4v) is 2.17. The van der Waals surface area contributed by atoms with E-state index in [1.807, 2.05) is 13.8 Å². The fourth-order valence-electron chi connectivity index (χ4n) is 2.17. The molecule has 1 aromatic carbocycles. The Labute approximate surface area is 146 Å². The zero-order chi connectivity index (χ0) is 18.4. The summed E-state index contributed by atoms with van der Waals surface area (Å²) in [5, 5.41) is 3.88. The summed E-state index contributed by atoms with van der Waals surface area (Å²) in [5.74, 6) is 0.593. The van der Waals surface area contributed by atoms with Crippen molar-refractivity contribution in [2.75, 3.05) is 13.7 Å². The second-order valence-corrected chi connectivity index (χ2v) is 5.65. The number of likely N-dealkylation sites (N-methyl/N-ethyl adjacent to an activating group) is 1. The minimum Gasteiger partial charge on any atom is -0.484 e. The number of hydrogen-bond acceptors (Lipinski definition) is 5. The van der Waals surface area contributed by atoms with Crippen molar-refractivity contribution >= 4 is 17.9 Å². The molecule has 2 aromatic rings. The summed E-state index contributed by atoms with van der Waals surface area (Å²) in [6.45, 7) is 3.94. The molecule has 1 aromatic heterocycles. The molecule has 0 radical (unpaired) electrons. The van der Waals surface area contributed by atoms with Crippen molar-refractivity contribution in [3.8, 4) is 5.75 Å². The first-order chi connectivity index (χ1) is 11.9. The van der Waals surface area contributed by atoms with Crippen molar-refractivity contribution < 1.29 is 18.8 Å². The number of aryl methyl sites for hydroxylation is 2. The number of ether oxygens (including phenoxy) is 1. The Hall–Kier alpha value is -3.09. The first-order valence-corrected chi connectivity index (χ1v) is 7.73. The van der Waals surface area contributed by atoms with Gasteiger partial charge in [0.1, 0.15) is 11.5 Å². The average molecular weight is 343 g/mol. The number of nitrogens with zero attached hydrogens (tertiary/aromatic N) is 2. The Balaban J connectivity index is 1.94. The molecule has 0 aliphatic heterocycles. The number of carbonyl (C=O) groups is 2. The quantitative estimate of drug-likeness (QED) is 0.773. The van der Waals surface area contributed by atoms with Crippen molar-refractivity contribution in [3.63, 3.8) is 0 Å². The van der Waals surface area contributed by atoms with Crippen molar-refractivity contribution in [2.45, 2.75) is 20.4 Å². The van der Waals surface area contributed by atoms with Gasteiger partial charge in [-0.05, 0) is 37.6 Å². The topological polar surface area (TPSA) is 98.7 Å². The van der Waals surface area contributed by atoms with Crippen molar-refractivity contribution in [3.05, 3.63) is 52.9 Å². The first-order valence-electron chi connectivity index (χ1n) is 7.73. The molecule has 0 bridgehead atoms. The molecule has 0 aliphatic rings. The molecular formula is C18H21N3O4. The summed E-state index contributed by atoms with van der Waals surface area (Å²) in [5.41, 5.74) is 7.56. The van der Waals surface area contributed by atoms with Crippen LogP contribution in [0.15, 0.2) is 34.9 Å². The van der Waals surface area contributed by atoms with Gasteiger partial charge in [0.15, 0.2) is 6.61 Å². The largest absolute Gasteiger partial charge is 0.484 e. The molecule has 0 unspecified atom stereocenters. The van der Waals surface area contributed by atoms with Gasteiger partial charge in [-0.1, -0.05) is 17.3 Å². The summed E-state index contributed by atoms with van der Waals surface area (Å²) >= 11 is 0. The monoisotopic (exact) mass is 343 g/mol. The van der Waals surface area contributed by atoms with Gasteiger partial charge in [0, 0.05) is 18.7 Å². The molecule has 0 fully saturated rings. The minimum absolute atomic E-state index is 0.131. The number of benzene rings is 1. The van der Waals surface area contributed by atoms with Crippen LogP contribution in [0.5, 0.6) is 5.75 Å². The molecule has 2 N–H and O–H groups in total. The SMILES string of the molecule is Cc1noc(C)c1CN(C)C(=O)/C=C\c1ccc(OCC(N)=O)cc1. The maximum absolute atomic E-state index is 12.2. The predicted octanol–water partition coefficient (Wildman–Crippen LogP) is 1.83. The molecule has 25 heavy (non-hydrogen) atoms. The zero-order valence-corrected chi connectivity index (χ0v) is 14.5. The van der Waals surface area contributed by atoms with Gasteiger partial charge in [0.2, 0.25) is 5.91 Å². The molecular weight excluding hydrogens is 322 g/mol. The lowest BCUT2D eigenvalue weighted by Gasteiger charge is -2.14. The van der Waals surface area contributed by atoms with Crippen LogP contribution in [0.3, 0.4) is 0 Å². The third-order valence-electron chi connectivity index (χ3n) is 3.63.